The number of benzene rings is 1. The van der Waals surface area contributed by atoms with E-state index in [-0.39, 0.29) is 11.8 Å². The van der Waals surface area contributed by atoms with Crippen molar-refractivity contribution in [2.75, 3.05) is 26.2 Å². The number of piperazine rings is 1. The molecule has 1 aliphatic rings. The number of carbonyl (C=O) groups is 1. The molecule has 0 spiro atoms. The highest BCUT2D eigenvalue weighted by atomic mass is 32.2. The van der Waals surface area contributed by atoms with Gasteiger partial charge in [-0.15, -0.1) is 0 Å². The zero-order chi connectivity index (χ0) is 15.5. The molecule has 1 aromatic carbocycles. The van der Waals surface area contributed by atoms with Crippen LogP contribution in [0.2, 0.25) is 0 Å². The minimum Gasteiger partial charge on any atom is -0.340 e. The molecular formula is C17H21N3OS. The second kappa shape index (κ2) is 6.67. The van der Waals surface area contributed by atoms with E-state index in [9.17, 15) is 4.79 Å². The topological polar surface area (TPSA) is 36.4 Å². The van der Waals surface area contributed by atoms with Crippen molar-refractivity contribution < 1.29 is 4.79 Å². The first kappa shape index (κ1) is 15.3. The van der Waals surface area contributed by atoms with Crippen LogP contribution in [0.4, 0.5) is 0 Å². The quantitative estimate of drug-likeness (QED) is 0.816. The van der Waals surface area contributed by atoms with Gasteiger partial charge in [-0.3, -0.25) is 9.78 Å². The van der Waals surface area contributed by atoms with E-state index in [4.69, 9.17) is 0 Å². The minimum atomic E-state index is 0.0847. The molecule has 0 radical (unpaired) electrons. The molecule has 0 bridgehead atoms. The fraction of sp³-hybridized carbons (Fsp3) is 0.412. The maximum atomic E-state index is 12.0. The van der Waals surface area contributed by atoms with E-state index in [0.717, 1.165) is 31.7 Å². The Balaban J connectivity index is 1.66. The number of pyridine rings is 1. The second-order valence-corrected chi connectivity index (χ2v) is 6.97. The summed E-state index contributed by atoms with van der Waals surface area (Å²) in [5.41, 5.74) is 1.05. The molecule has 1 fully saturated rings. The summed E-state index contributed by atoms with van der Waals surface area (Å²) in [5.74, 6) is 0.345. The molecule has 0 unspecified atom stereocenters. The Hall–Kier alpha value is -1.59. The fourth-order valence-corrected chi connectivity index (χ4v) is 3.67. The van der Waals surface area contributed by atoms with E-state index in [0.29, 0.717) is 0 Å². The lowest BCUT2D eigenvalue weighted by molar-refractivity contribution is -0.135. The molecule has 116 valence electrons. The number of para-hydroxylation sites is 1. The summed E-state index contributed by atoms with van der Waals surface area (Å²) in [6, 6.07) is 10.3. The summed E-state index contributed by atoms with van der Waals surface area (Å²) in [5, 5.41) is 1.17. The van der Waals surface area contributed by atoms with Gasteiger partial charge in [0.15, 0.2) is 0 Å². The summed E-state index contributed by atoms with van der Waals surface area (Å²) in [7, 11) is 0. The third-order valence-electron chi connectivity index (χ3n) is 3.87. The molecule has 0 N–H and O–H groups in total. The number of carbonyl (C=O) groups excluding carboxylic acids is 1. The molecule has 1 saturated heterocycles. The van der Waals surface area contributed by atoms with Gasteiger partial charge in [-0.2, -0.15) is 0 Å². The Morgan fingerprint density at radius 2 is 1.86 bits per heavy atom. The third kappa shape index (κ3) is 3.25. The fourth-order valence-electron chi connectivity index (χ4n) is 2.65. The molecule has 5 heteroatoms. The predicted octanol–water partition coefficient (Wildman–Crippen LogP) is 3.04. The number of hydrogen-bond acceptors (Lipinski definition) is 4. The van der Waals surface area contributed by atoms with Gasteiger partial charge in [-0.25, -0.2) is 4.31 Å². The molecule has 3 rings (SSSR count). The van der Waals surface area contributed by atoms with Crippen molar-refractivity contribution in [1.82, 2.24) is 14.2 Å². The van der Waals surface area contributed by atoms with Gasteiger partial charge in [0.25, 0.3) is 0 Å². The lowest BCUT2D eigenvalue weighted by atomic mass is 10.2. The molecule has 0 saturated carbocycles. The van der Waals surface area contributed by atoms with Crippen LogP contribution in [0.5, 0.6) is 0 Å². The standard InChI is InChI=1S/C17H21N3OS/c1-13(2)17(21)19-9-11-20(12-10-19)22-15-7-3-5-14-6-4-8-18-16(14)15/h3-8,13H,9-12H2,1-2H3. The van der Waals surface area contributed by atoms with Crippen LogP contribution >= 0.6 is 11.9 Å². The maximum Gasteiger partial charge on any atom is 0.225 e. The van der Waals surface area contributed by atoms with E-state index < -0.39 is 0 Å². The van der Waals surface area contributed by atoms with Crippen molar-refractivity contribution in [3.63, 3.8) is 0 Å². The minimum absolute atomic E-state index is 0.0847. The van der Waals surface area contributed by atoms with Crippen LogP contribution in [-0.2, 0) is 4.79 Å². The number of hydrogen-bond donors (Lipinski definition) is 0. The van der Waals surface area contributed by atoms with Gasteiger partial charge in [0, 0.05) is 48.6 Å². The van der Waals surface area contributed by atoms with Crippen LogP contribution in [0.25, 0.3) is 10.9 Å². The lowest BCUT2D eigenvalue weighted by Gasteiger charge is -2.34. The first-order valence-electron chi connectivity index (χ1n) is 7.70. The summed E-state index contributed by atoms with van der Waals surface area (Å²) in [4.78, 5) is 19.7. The Bertz CT molecular complexity index is 661. The van der Waals surface area contributed by atoms with Crippen LogP contribution in [-0.4, -0.2) is 46.3 Å². The highest BCUT2D eigenvalue weighted by Crippen LogP contribution is 2.29. The average molecular weight is 315 g/mol. The van der Waals surface area contributed by atoms with E-state index in [1.54, 1.807) is 11.9 Å². The van der Waals surface area contributed by atoms with Gasteiger partial charge in [-0.1, -0.05) is 32.0 Å². The smallest absolute Gasteiger partial charge is 0.225 e. The molecule has 22 heavy (non-hydrogen) atoms. The Morgan fingerprint density at radius 1 is 1.14 bits per heavy atom. The molecule has 1 aromatic heterocycles. The number of fused-ring (bicyclic) bond motifs is 1. The van der Waals surface area contributed by atoms with Crippen molar-refractivity contribution in [1.29, 1.82) is 0 Å². The van der Waals surface area contributed by atoms with Crippen LogP contribution in [0.1, 0.15) is 13.8 Å². The molecule has 2 aromatic rings. The number of amides is 1. The van der Waals surface area contributed by atoms with Gasteiger partial charge in [0.2, 0.25) is 5.91 Å². The Kier molecular flexibility index (Phi) is 4.64. The van der Waals surface area contributed by atoms with Gasteiger partial charge in [0.05, 0.1) is 5.52 Å². The summed E-state index contributed by atoms with van der Waals surface area (Å²) in [6.07, 6.45) is 1.84. The van der Waals surface area contributed by atoms with Crippen molar-refractivity contribution in [3.8, 4) is 0 Å². The van der Waals surface area contributed by atoms with Crippen LogP contribution in [0.15, 0.2) is 41.4 Å². The van der Waals surface area contributed by atoms with Gasteiger partial charge in [-0.05, 0) is 24.1 Å². The monoisotopic (exact) mass is 315 g/mol. The van der Waals surface area contributed by atoms with Crippen LogP contribution < -0.4 is 0 Å². The molecular weight excluding hydrogens is 294 g/mol. The SMILES string of the molecule is CC(C)C(=O)N1CCN(Sc2cccc3cccnc23)CC1. The van der Waals surface area contributed by atoms with Crippen LogP contribution in [0, 0.1) is 5.92 Å². The zero-order valence-corrected chi connectivity index (χ0v) is 13.8. The Labute approximate surface area is 135 Å². The molecule has 1 amide bonds. The predicted molar refractivity (Wildman–Crippen MR) is 90.6 cm³/mol. The maximum absolute atomic E-state index is 12.0. The number of nitrogens with zero attached hydrogens (tertiary/aromatic N) is 3. The van der Waals surface area contributed by atoms with Crippen molar-refractivity contribution in [3.05, 3.63) is 36.5 Å². The lowest BCUT2D eigenvalue weighted by Crippen LogP contribution is -2.47. The molecule has 0 aliphatic carbocycles. The van der Waals surface area contributed by atoms with E-state index >= 15 is 0 Å². The highest BCUT2D eigenvalue weighted by Gasteiger charge is 2.23. The third-order valence-corrected chi connectivity index (χ3v) is 5.02. The average Bonchev–Trinajstić information content (AvgIpc) is 2.55. The normalized spacial score (nSPS) is 16.4. The zero-order valence-electron chi connectivity index (χ0n) is 13.0. The van der Waals surface area contributed by atoms with E-state index in [1.807, 2.05) is 31.0 Å². The van der Waals surface area contributed by atoms with Gasteiger partial charge < -0.3 is 4.90 Å². The highest BCUT2D eigenvalue weighted by molar-refractivity contribution is 7.97. The molecule has 4 nitrogen and oxygen atoms in total. The first-order chi connectivity index (χ1) is 10.6. The van der Waals surface area contributed by atoms with Crippen LogP contribution in [0.3, 0.4) is 0 Å². The van der Waals surface area contributed by atoms with E-state index in [1.165, 1.54) is 10.3 Å². The molecule has 2 heterocycles. The van der Waals surface area contributed by atoms with E-state index in [2.05, 4.69) is 33.6 Å². The number of rotatable bonds is 3. The van der Waals surface area contributed by atoms with Crippen molar-refractivity contribution in [2.45, 2.75) is 18.7 Å². The van der Waals surface area contributed by atoms with Crippen molar-refractivity contribution >= 4 is 28.8 Å². The largest absolute Gasteiger partial charge is 0.340 e. The number of aromatic nitrogens is 1. The van der Waals surface area contributed by atoms with Gasteiger partial charge in [0.1, 0.15) is 0 Å². The van der Waals surface area contributed by atoms with Gasteiger partial charge >= 0.3 is 0 Å². The molecule has 1 aliphatic heterocycles. The first-order valence-corrected chi connectivity index (χ1v) is 8.48. The van der Waals surface area contributed by atoms with Crippen molar-refractivity contribution in [2.24, 2.45) is 5.92 Å². The molecule has 0 atom stereocenters. The summed E-state index contributed by atoms with van der Waals surface area (Å²) < 4.78 is 2.33. The summed E-state index contributed by atoms with van der Waals surface area (Å²) in [6.45, 7) is 7.33. The summed E-state index contributed by atoms with van der Waals surface area (Å²) >= 11 is 1.75. The second-order valence-electron chi connectivity index (χ2n) is 5.83. The Morgan fingerprint density at radius 3 is 2.59 bits per heavy atom.